The van der Waals surface area contributed by atoms with Gasteiger partial charge >= 0.3 is 0 Å². The Morgan fingerprint density at radius 1 is 1.44 bits per heavy atom. The van der Waals surface area contributed by atoms with E-state index in [0.717, 1.165) is 28.1 Å². The molecule has 0 bridgehead atoms. The van der Waals surface area contributed by atoms with E-state index in [0.29, 0.717) is 0 Å². The van der Waals surface area contributed by atoms with Gasteiger partial charge in [0, 0.05) is 18.0 Å². The van der Waals surface area contributed by atoms with Crippen molar-refractivity contribution >= 4 is 11.5 Å². The number of aliphatic hydroxyl groups excluding tert-OH is 1. The van der Waals surface area contributed by atoms with Crippen LogP contribution in [0.5, 0.6) is 0 Å². The number of hydrogen-bond donors (Lipinski definition) is 1. The van der Waals surface area contributed by atoms with Gasteiger partial charge in [-0.3, -0.25) is 4.98 Å². The van der Waals surface area contributed by atoms with Crippen molar-refractivity contribution in [3.05, 3.63) is 40.2 Å². The molecular weight excluding hydrogens is 222 g/mol. The summed E-state index contributed by atoms with van der Waals surface area (Å²) in [6.07, 6.45) is 3.56. The van der Waals surface area contributed by atoms with E-state index in [1.54, 1.807) is 12.4 Å². The summed E-state index contributed by atoms with van der Waals surface area (Å²) in [7, 11) is 0. The maximum absolute atomic E-state index is 10.2. The normalized spacial score (nSPS) is 12.7. The van der Waals surface area contributed by atoms with E-state index in [9.17, 15) is 5.11 Å². The summed E-state index contributed by atoms with van der Waals surface area (Å²) in [4.78, 5) is 4.89. The number of hydrogen-bond acceptors (Lipinski definition) is 5. The second kappa shape index (κ2) is 4.67. The van der Waals surface area contributed by atoms with Crippen LogP contribution < -0.4 is 0 Å². The van der Waals surface area contributed by atoms with E-state index >= 15 is 0 Å². The molecule has 0 spiro atoms. The summed E-state index contributed by atoms with van der Waals surface area (Å²) in [5.41, 5.74) is 2.69. The maximum atomic E-state index is 10.2. The van der Waals surface area contributed by atoms with Crippen molar-refractivity contribution in [2.24, 2.45) is 0 Å². The Morgan fingerprint density at radius 3 is 2.94 bits per heavy atom. The molecule has 84 valence electrons. The highest BCUT2D eigenvalue weighted by Crippen LogP contribution is 2.26. The molecule has 0 radical (unpaired) electrons. The molecule has 0 aromatic carbocycles. The number of rotatable bonds is 3. The van der Waals surface area contributed by atoms with Crippen LogP contribution in [0.2, 0.25) is 0 Å². The molecule has 0 fully saturated rings. The van der Waals surface area contributed by atoms with Gasteiger partial charge in [0.2, 0.25) is 0 Å². The van der Waals surface area contributed by atoms with Gasteiger partial charge in [-0.25, -0.2) is 0 Å². The number of aryl methyl sites for hydroxylation is 2. The molecule has 0 aliphatic rings. The predicted octanol–water partition coefficient (Wildman–Crippen LogP) is 1.89. The number of aliphatic hydroxyl groups is 1. The van der Waals surface area contributed by atoms with Gasteiger partial charge in [-0.2, -0.15) is 0 Å². The molecule has 2 rings (SSSR count). The van der Waals surface area contributed by atoms with Crippen LogP contribution in [-0.4, -0.2) is 19.7 Å². The Morgan fingerprint density at radius 2 is 2.25 bits per heavy atom. The van der Waals surface area contributed by atoms with Crippen LogP contribution in [0.25, 0.3) is 0 Å². The van der Waals surface area contributed by atoms with E-state index in [4.69, 9.17) is 0 Å². The molecule has 1 atom stereocenters. The number of nitrogens with zero attached hydrogens (tertiary/aromatic N) is 3. The summed E-state index contributed by atoms with van der Waals surface area (Å²) >= 11 is 1.24. The third kappa shape index (κ3) is 2.10. The summed E-state index contributed by atoms with van der Waals surface area (Å²) in [6.45, 7) is 3.95. The van der Waals surface area contributed by atoms with Crippen LogP contribution in [-0.2, 0) is 6.42 Å². The molecule has 2 aromatic rings. The Bertz CT molecular complexity index is 484. The second-order valence-electron chi connectivity index (χ2n) is 3.64. The third-order valence-corrected chi connectivity index (χ3v) is 3.20. The standard InChI is InChI=1S/C11H13N3OS/c1-3-9-11(16-14-13-9)10(15)8-4-7(2)5-12-6-8/h4-6,10,15H,3H2,1-2H3. The van der Waals surface area contributed by atoms with Gasteiger partial charge < -0.3 is 5.11 Å². The molecule has 4 nitrogen and oxygen atoms in total. The fourth-order valence-corrected chi connectivity index (χ4v) is 2.30. The average Bonchev–Trinajstić information content (AvgIpc) is 2.76. The Balaban J connectivity index is 2.35. The topological polar surface area (TPSA) is 58.9 Å². The lowest BCUT2D eigenvalue weighted by molar-refractivity contribution is 0.222. The molecule has 1 unspecified atom stereocenters. The second-order valence-corrected chi connectivity index (χ2v) is 4.42. The maximum Gasteiger partial charge on any atom is 0.118 e. The highest BCUT2D eigenvalue weighted by Gasteiger charge is 2.17. The molecule has 0 amide bonds. The predicted molar refractivity (Wildman–Crippen MR) is 62.3 cm³/mol. The average molecular weight is 235 g/mol. The lowest BCUT2D eigenvalue weighted by Crippen LogP contribution is -2.01. The zero-order valence-corrected chi connectivity index (χ0v) is 10.0. The minimum atomic E-state index is -0.664. The van der Waals surface area contributed by atoms with Crippen molar-refractivity contribution in [3.8, 4) is 0 Å². The molecule has 0 aliphatic carbocycles. The largest absolute Gasteiger partial charge is 0.383 e. The van der Waals surface area contributed by atoms with E-state index in [2.05, 4.69) is 14.6 Å². The monoisotopic (exact) mass is 235 g/mol. The molecule has 0 saturated carbocycles. The van der Waals surface area contributed by atoms with E-state index in [-0.39, 0.29) is 0 Å². The van der Waals surface area contributed by atoms with Crippen molar-refractivity contribution in [2.45, 2.75) is 26.4 Å². The minimum Gasteiger partial charge on any atom is -0.383 e. The van der Waals surface area contributed by atoms with Gasteiger partial charge in [-0.1, -0.05) is 17.5 Å². The third-order valence-electron chi connectivity index (χ3n) is 2.38. The summed E-state index contributed by atoms with van der Waals surface area (Å²) in [5.74, 6) is 0. The molecule has 0 aliphatic heterocycles. The Labute approximate surface area is 98.2 Å². The van der Waals surface area contributed by atoms with Crippen molar-refractivity contribution < 1.29 is 5.11 Å². The van der Waals surface area contributed by atoms with Gasteiger partial charge in [-0.15, -0.1) is 5.10 Å². The van der Waals surface area contributed by atoms with E-state index in [1.807, 2.05) is 19.9 Å². The molecule has 5 heteroatoms. The van der Waals surface area contributed by atoms with Crippen LogP contribution in [0.15, 0.2) is 18.5 Å². The molecule has 2 aromatic heterocycles. The van der Waals surface area contributed by atoms with Gasteiger partial charge in [0.15, 0.2) is 0 Å². The number of aromatic nitrogens is 3. The summed E-state index contributed by atoms with van der Waals surface area (Å²) in [6, 6.07) is 1.93. The van der Waals surface area contributed by atoms with Gasteiger partial charge in [0.05, 0.1) is 10.6 Å². The first-order chi connectivity index (χ1) is 7.72. The van der Waals surface area contributed by atoms with Gasteiger partial charge in [0.25, 0.3) is 0 Å². The van der Waals surface area contributed by atoms with E-state index in [1.165, 1.54) is 11.5 Å². The first-order valence-corrected chi connectivity index (χ1v) is 5.90. The van der Waals surface area contributed by atoms with Crippen molar-refractivity contribution in [1.29, 1.82) is 0 Å². The Hall–Kier alpha value is -1.33. The smallest absolute Gasteiger partial charge is 0.118 e. The lowest BCUT2D eigenvalue weighted by atomic mass is 10.1. The van der Waals surface area contributed by atoms with Crippen LogP contribution in [0.4, 0.5) is 0 Å². The number of pyridine rings is 1. The summed E-state index contributed by atoms with van der Waals surface area (Å²) < 4.78 is 3.87. The van der Waals surface area contributed by atoms with Crippen LogP contribution in [0.1, 0.15) is 34.7 Å². The SMILES string of the molecule is CCc1nnsc1C(O)c1cncc(C)c1. The van der Waals surface area contributed by atoms with Crippen molar-refractivity contribution in [1.82, 2.24) is 14.6 Å². The fraction of sp³-hybridized carbons (Fsp3) is 0.364. The van der Waals surface area contributed by atoms with Crippen molar-refractivity contribution in [3.63, 3.8) is 0 Å². The first kappa shape index (κ1) is 11.2. The first-order valence-electron chi connectivity index (χ1n) is 5.13. The molecule has 16 heavy (non-hydrogen) atoms. The summed E-state index contributed by atoms with van der Waals surface area (Å²) in [5, 5.41) is 14.2. The molecule has 2 heterocycles. The van der Waals surface area contributed by atoms with E-state index < -0.39 is 6.10 Å². The molecule has 1 N–H and O–H groups in total. The van der Waals surface area contributed by atoms with Gasteiger partial charge in [-0.05, 0) is 30.4 Å². The Kier molecular flexibility index (Phi) is 3.26. The zero-order valence-electron chi connectivity index (χ0n) is 9.21. The molecule has 0 saturated heterocycles. The van der Waals surface area contributed by atoms with Crippen LogP contribution in [0.3, 0.4) is 0 Å². The minimum absolute atomic E-state index is 0.664. The zero-order chi connectivity index (χ0) is 11.5. The molecular formula is C11H13N3OS. The highest BCUT2D eigenvalue weighted by atomic mass is 32.1. The highest BCUT2D eigenvalue weighted by molar-refractivity contribution is 7.05. The van der Waals surface area contributed by atoms with Crippen LogP contribution >= 0.6 is 11.5 Å². The van der Waals surface area contributed by atoms with Gasteiger partial charge in [0.1, 0.15) is 6.10 Å². The van der Waals surface area contributed by atoms with Crippen molar-refractivity contribution in [2.75, 3.05) is 0 Å². The fourth-order valence-electron chi connectivity index (χ4n) is 1.55. The quantitative estimate of drug-likeness (QED) is 0.882. The van der Waals surface area contributed by atoms with Crippen LogP contribution in [0, 0.1) is 6.92 Å². The lowest BCUT2D eigenvalue weighted by Gasteiger charge is -2.09.